The van der Waals surface area contributed by atoms with Gasteiger partial charge in [-0.2, -0.15) is 0 Å². The van der Waals surface area contributed by atoms with Crippen molar-refractivity contribution in [3.05, 3.63) is 30.2 Å². The molecule has 15 heteroatoms. The molecular formula is C27H33FN6O7S. The van der Waals surface area contributed by atoms with Gasteiger partial charge in [0.25, 0.3) is 0 Å². The standard InChI is InChI=1S/C27H33FN6O7S/c1-27(2,3)41-26(35)34-14-18(15-34)40-21-12-17(28)11-19-22(30-25(31-23(19)21)33-6-8-39-9-7-33)16-10-20(32-42(5,36)37)24(38-4)29-13-16/h10-13,18,32H,6-9,14-15H2,1-5H3. The summed E-state index contributed by atoms with van der Waals surface area (Å²) in [5.41, 5.74) is 0.549. The molecule has 0 atom stereocenters. The third-order valence-corrected chi connectivity index (χ3v) is 7.01. The summed E-state index contributed by atoms with van der Waals surface area (Å²) < 4.78 is 63.8. The second kappa shape index (κ2) is 11.4. The molecule has 4 heterocycles. The van der Waals surface area contributed by atoms with Crippen LogP contribution in [-0.2, 0) is 19.5 Å². The first-order valence-electron chi connectivity index (χ1n) is 13.3. The minimum atomic E-state index is -3.66. The van der Waals surface area contributed by atoms with Crippen molar-refractivity contribution in [2.24, 2.45) is 0 Å². The van der Waals surface area contributed by atoms with E-state index in [2.05, 4.69) is 9.71 Å². The first-order chi connectivity index (χ1) is 19.8. The summed E-state index contributed by atoms with van der Waals surface area (Å²) in [6, 6.07) is 4.07. The highest BCUT2D eigenvalue weighted by molar-refractivity contribution is 7.92. The number of rotatable bonds is 7. The van der Waals surface area contributed by atoms with Crippen LogP contribution >= 0.6 is 0 Å². The lowest BCUT2D eigenvalue weighted by atomic mass is 10.1. The lowest BCUT2D eigenvalue weighted by Gasteiger charge is -2.39. The van der Waals surface area contributed by atoms with Crippen molar-refractivity contribution in [3.63, 3.8) is 0 Å². The Kier molecular flexibility index (Phi) is 7.98. The van der Waals surface area contributed by atoms with Crippen LogP contribution in [-0.4, -0.2) is 98.8 Å². The van der Waals surface area contributed by atoms with Crippen molar-refractivity contribution in [2.45, 2.75) is 32.5 Å². The van der Waals surface area contributed by atoms with E-state index < -0.39 is 33.6 Å². The summed E-state index contributed by atoms with van der Waals surface area (Å²) in [4.78, 5) is 29.6. The number of sulfonamides is 1. The topological polar surface area (TPSA) is 145 Å². The minimum Gasteiger partial charge on any atom is -0.484 e. The van der Waals surface area contributed by atoms with Crippen LogP contribution in [0, 0.1) is 5.82 Å². The Hall–Kier alpha value is -3.98. The van der Waals surface area contributed by atoms with Gasteiger partial charge in [0.15, 0.2) is 0 Å². The number of carbonyl (C=O) groups is 1. The van der Waals surface area contributed by atoms with Gasteiger partial charge in [-0.3, -0.25) is 4.72 Å². The van der Waals surface area contributed by atoms with Crippen LogP contribution in [0.15, 0.2) is 24.4 Å². The Morgan fingerprint density at radius 2 is 1.86 bits per heavy atom. The number of pyridine rings is 1. The maximum atomic E-state index is 15.1. The van der Waals surface area contributed by atoms with Crippen molar-refractivity contribution in [1.29, 1.82) is 0 Å². The number of carbonyl (C=O) groups excluding carboxylic acids is 1. The van der Waals surface area contributed by atoms with E-state index in [9.17, 15) is 13.2 Å². The number of aromatic nitrogens is 3. The second-order valence-corrected chi connectivity index (χ2v) is 12.8. The maximum Gasteiger partial charge on any atom is 0.410 e. The molecule has 1 N–H and O–H groups in total. The number of ether oxygens (including phenoxy) is 4. The molecular weight excluding hydrogens is 571 g/mol. The molecule has 2 aromatic heterocycles. The molecule has 2 saturated heterocycles. The van der Waals surface area contributed by atoms with Crippen molar-refractivity contribution < 1.29 is 36.6 Å². The number of morpholine rings is 1. The van der Waals surface area contributed by atoms with Crippen LogP contribution in [0.4, 0.5) is 20.8 Å². The van der Waals surface area contributed by atoms with Gasteiger partial charge < -0.3 is 28.7 Å². The highest BCUT2D eigenvalue weighted by Gasteiger charge is 2.36. The molecule has 2 aliphatic heterocycles. The Bertz CT molecular complexity index is 1600. The highest BCUT2D eigenvalue weighted by Crippen LogP contribution is 2.37. The molecule has 1 aromatic carbocycles. The van der Waals surface area contributed by atoms with Crippen LogP contribution in [0.25, 0.3) is 22.2 Å². The number of likely N-dealkylation sites (tertiary alicyclic amines) is 1. The largest absolute Gasteiger partial charge is 0.484 e. The predicted octanol–water partition coefficient (Wildman–Crippen LogP) is 3.05. The van der Waals surface area contributed by atoms with Crippen LogP contribution < -0.4 is 19.1 Å². The van der Waals surface area contributed by atoms with E-state index >= 15 is 4.39 Å². The lowest BCUT2D eigenvalue weighted by molar-refractivity contribution is -0.0218. The highest BCUT2D eigenvalue weighted by atomic mass is 32.2. The molecule has 0 aliphatic carbocycles. The molecule has 2 fully saturated rings. The fourth-order valence-electron chi connectivity index (χ4n) is 4.55. The van der Waals surface area contributed by atoms with Gasteiger partial charge in [-0.05, 0) is 32.9 Å². The van der Waals surface area contributed by atoms with Gasteiger partial charge in [-0.15, -0.1) is 0 Å². The molecule has 2 aliphatic rings. The quantitative estimate of drug-likeness (QED) is 0.425. The number of nitrogens with one attached hydrogen (secondary N) is 1. The Morgan fingerprint density at radius 3 is 2.50 bits per heavy atom. The number of anilines is 2. The molecule has 5 rings (SSSR count). The molecule has 1 amide bonds. The van der Waals surface area contributed by atoms with E-state index in [0.29, 0.717) is 54.4 Å². The van der Waals surface area contributed by atoms with Crippen molar-refractivity contribution in [2.75, 3.05) is 62.4 Å². The maximum absolute atomic E-state index is 15.1. The molecule has 0 bridgehead atoms. The molecule has 3 aromatic rings. The minimum absolute atomic E-state index is 0.0608. The number of hydrogen-bond acceptors (Lipinski definition) is 11. The summed E-state index contributed by atoms with van der Waals surface area (Å²) in [5, 5.41) is 0.336. The number of amides is 1. The summed E-state index contributed by atoms with van der Waals surface area (Å²) in [6.45, 7) is 7.96. The van der Waals surface area contributed by atoms with Crippen LogP contribution in [0.3, 0.4) is 0 Å². The van der Waals surface area contributed by atoms with Gasteiger partial charge in [0.2, 0.25) is 21.9 Å². The number of nitrogens with zero attached hydrogens (tertiary/aromatic N) is 5. The molecule has 0 radical (unpaired) electrons. The van der Waals surface area contributed by atoms with Gasteiger partial charge in [-0.25, -0.2) is 32.6 Å². The third-order valence-electron chi connectivity index (χ3n) is 6.42. The van der Waals surface area contributed by atoms with E-state index in [1.807, 2.05) is 4.90 Å². The fraction of sp³-hybridized carbons (Fsp3) is 0.481. The van der Waals surface area contributed by atoms with E-state index in [1.54, 1.807) is 20.8 Å². The SMILES string of the molecule is COc1ncc(-c2nc(N3CCOCC3)nc3c(OC4CN(C(=O)OC(C)(C)C)C4)cc(F)cc23)cc1NS(C)(=O)=O. The van der Waals surface area contributed by atoms with Gasteiger partial charge in [-0.1, -0.05) is 0 Å². The fourth-order valence-corrected chi connectivity index (χ4v) is 5.10. The molecule has 13 nitrogen and oxygen atoms in total. The summed E-state index contributed by atoms with van der Waals surface area (Å²) in [6.07, 6.45) is 1.63. The van der Waals surface area contributed by atoms with Gasteiger partial charge >= 0.3 is 6.09 Å². The number of hydrogen-bond donors (Lipinski definition) is 1. The van der Waals surface area contributed by atoms with E-state index in [4.69, 9.17) is 28.9 Å². The number of benzene rings is 1. The predicted molar refractivity (Wildman–Crippen MR) is 153 cm³/mol. The molecule has 0 unspecified atom stereocenters. The monoisotopic (exact) mass is 604 g/mol. The zero-order valence-electron chi connectivity index (χ0n) is 24.0. The lowest BCUT2D eigenvalue weighted by Crippen LogP contribution is -2.57. The number of halogens is 1. The molecule has 42 heavy (non-hydrogen) atoms. The van der Waals surface area contributed by atoms with Crippen LogP contribution in [0.5, 0.6) is 11.6 Å². The smallest absolute Gasteiger partial charge is 0.410 e. The average molecular weight is 605 g/mol. The third kappa shape index (κ3) is 6.73. The van der Waals surface area contributed by atoms with E-state index in [1.165, 1.54) is 36.4 Å². The van der Waals surface area contributed by atoms with Gasteiger partial charge in [0, 0.05) is 36.3 Å². The number of fused-ring (bicyclic) bond motifs is 1. The molecule has 0 spiro atoms. The second-order valence-electron chi connectivity index (χ2n) is 11.1. The van der Waals surface area contributed by atoms with Gasteiger partial charge in [0.1, 0.15) is 34.5 Å². The van der Waals surface area contributed by atoms with Crippen molar-refractivity contribution in [3.8, 4) is 22.9 Å². The molecule has 0 saturated carbocycles. The summed E-state index contributed by atoms with van der Waals surface area (Å²) in [5.74, 6) is 0.0362. The zero-order chi connectivity index (χ0) is 30.2. The first-order valence-corrected chi connectivity index (χ1v) is 15.2. The normalized spacial score (nSPS) is 16.2. The van der Waals surface area contributed by atoms with E-state index in [0.717, 1.165) is 6.26 Å². The molecule has 226 valence electrons. The Labute approximate surface area is 243 Å². The van der Waals surface area contributed by atoms with Crippen LogP contribution in [0.2, 0.25) is 0 Å². The average Bonchev–Trinajstić information content (AvgIpc) is 2.88. The Morgan fingerprint density at radius 1 is 1.14 bits per heavy atom. The van der Waals surface area contributed by atoms with Crippen molar-refractivity contribution >= 4 is 38.7 Å². The van der Waals surface area contributed by atoms with Crippen molar-refractivity contribution in [1.82, 2.24) is 19.9 Å². The first kappa shape index (κ1) is 29.5. The van der Waals surface area contributed by atoms with Crippen LogP contribution in [0.1, 0.15) is 20.8 Å². The zero-order valence-corrected chi connectivity index (χ0v) is 24.8. The Balaban J connectivity index is 1.56. The van der Waals surface area contributed by atoms with E-state index in [-0.39, 0.29) is 30.4 Å². The summed E-state index contributed by atoms with van der Waals surface area (Å²) >= 11 is 0. The summed E-state index contributed by atoms with van der Waals surface area (Å²) in [7, 11) is -2.29. The number of methoxy groups -OCH3 is 1. The van der Waals surface area contributed by atoms with Gasteiger partial charge in [0.05, 0.1) is 45.4 Å².